The Kier molecular flexibility index (Phi) is 4.41. The molecular weight excluding hydrogens is 394 g/mol. The molecule has 150 valence electrons. The molecule has 2 aliphatic carbocycles. The molecule has 6 rings (SSSR count). The van der Waals surface area contributed by atoms with Crippen LogP contribution in [0.3, 0.4) is 0 Å². The lowest BCUT2D eigenvalue weighted by atomic mass is 10.2. The highest BCUT2D eigenvalue weighted by Gasteiger charge is 2.13. The van der Waals surface area contributed by atoms with Crippen LogP contribution in [0.2, 0.25) is 0 Å². The number of nitrogen functional groups attached to an aromatic ring is 1. The van der Waals surface area contributed by atoms with E-state index in [9.17, 15) is 9.59 Å². The number of aromatic nitrogens is 2. The van der Waals surface area contributed by atoms with Gasteiger partial charge in [0.1, 0.15) is 11.0 Å². The molecule has 0 radical (unpaired) electrons. The number of anilines is 1. The third-order valence-corrected chi connectivity index (χ3v) is 4.72. The molecule has 0 saturated heterocycles. The normalized spacial score (nSPS) is 11.0. The minimum atomic E-state index is -0.285. The Morgan fingerprint density at radius 1 is 0.613 bits per heavy atom. The van der Waals surface area contributed by atoms with E-state index in [4.69, 9.17) is 14.6 Å². The van der Waals surface area contributed by atoms with Crippen molar-refractivity contribution in [3.05, 3.63) is 99.3 Å². The maximum atomic E-state index is 11.7. The van der Waals surface area contributed by atoms with E-state index in [1.54, 1.807) is 24.3 Å². The van der Waals surface area contributed by atoms with Crippen molar-refractivity contribution in [1.29, 1.82) is 0 Å². The maximum Gasteiger partial charge on any atom is 0.230 e. The summed E-state index contributed by atoms with van der Waals surface area (Å²) in [6.45, 7) is 0. The number of nitrogens with zero attached hydrogens (tertiary/aromatic N) is 2. The minimum absolute atomic E-state index is 0.109. The van der Waals surface area contributed by atoms with Crippen molar-refractivity contribution in [3.8, 4) is 22.9 Å². The Bertz CT molecular complexity index is 1600. The van der Waals surface area contributed by atoms with E-state index in [1.807, 2.05) is 42.5 Å². The van der Waals surface area contributed by atoms with Crippen LogP contribution >= 0.6 is 0 Å². The van der Waals surface area contributed by atoms with E-state index >= 15 is 0 Å². The van der Waals surface area contributed by atoms with Gasteiger partial charge in [-0.05, 0) is 48.5 Å². The Balaban J connectivity index is 0.000000132. The zero-order chi connectivity index (χ0) is 21.4. The molecule has 7 heteroatoms. The summed E-state index contributed by atoms with van der Waals surface area (Å²) in [5, 5.41) is 0. The molecule has 31 heavy (non-hydrogen) atoms. The van der Waals surface area contributed by atoms with E-state index in [-0.39, 0.29) is 22.2 Å². The van der Waals surface area contributed by atoms with E-state index in [1.165, 1.54) is 12.1 Å². The molecule has 7 nitrogen and oxygen atoms in total. The largest absolute Gasteiger partial charge is 0.453 e. The lowest BCUT2D eigenvalue weighted by Crippen LogP contribution is -2.12. The molecule has 0 atom stereocenters. The predicted octanol–water partition coefficient (Wildman–Crippen LogP) is 4.17. The second kappa shape index (κ2) is 7.38. The lowest BCUT2D eigenvalue weighted by molar-refractivity contribution is 0.612. The van der Waals surface area contributed by atoms with Crippen LogP contribution in [-0.2, 0) is 0 Å². The van der Waals surface area contributed by atoms with Gasteiger partial charge in [-0.2, -0.15) is 0 Å². The van der Waals surface area contributed by atoms with Gasteiger partial charge in [-0.3, -0.25) is 9.59 Å². The summed E-state index contributed by atoms with van der Waals surface area (Å²) in [6.07, 6.45) is 0. The summed E-state index contributed by atoms with van der Waals surface area (Å²) >= 11 is 0. The van der Waals surface area contributed by atoms with Crippen molar-refractivity contribution < 1.29 is 8.83 Å². The number of nitrogens with two attached hydrogens (primary N) is 1. The van der Waals surface area contributed by atoms with Crippen LogP contribution in [0.25, 0.3) is 45.1 Å². The molecule has 2 aromatic carbocycles. The fourth-order valence-corrected chi connectivity index (χ4v) is 3.20. The molecule has 0 amide bonds. The Labute approximate surface area is 175 Å². The number of hydrogen-bond acceptors (Lipinski definition) is 7. The summed E-state index contributed by atoms with van der Waals surface area (Å²) in [5.74, 6) is 0.985. The minimum Gasteiger partial charge on any atom is -0.453 e. The fraction of sp³-hybridized carbons (Fsp3) is 0. The van der Waals surface area contributed by atoms with Crippen LogP contribution < -0.4 is 16.6 Å². The van der Waals surface area contributed by atoms with Gasteiger partial charge in [0.05, 0.1) is 5.69 Å². The number of fused-ring (bicyclic) bond motifs is 4. The topological polar surface area (TPSA) is 112 Å². The lowest BCUT2D eigenvalue weighted by Gasteiger charge is -2.05. The fourth-order valence-electron chi connectivity index (χ4n) is 3.20. The smallest absolute Gasteiger partial charge is 0.230 e. The number of benzene rings is 4. The molecule has 0 unspecified atom stereocenters. The molecule has 0 saturated carbocycles. The quantitative estimate of drug-likeness (QED) is 0.296. The highest BCUT2D eigenvalue weighted by atomic mass is 16.3. The third-order valence-electron chi connectivity index (χ3n) is 4.72. The Hall–Kier alpha value is -4.52. The average Bonchev–Trinajstić information content (AvgIpc) is 2.80. The number of hydrogen-bond donors (Lipinski definition) is 1. The highest BCUT2D eigenvalue weighted by molar-refractivity contribution is 5.77. The van der Waals surface area contributed by atoms with Gasteiger partial charge < -0.3 is 14.6 Å². The van der Waals surface area contributed by atoms with Crippen molar-refractivity contribution in [3.63, 3.8) is 0 Å². The molecule has 0 fully saturated rings. The molecule has 4 aliphatic rings. The predicted molar refractivity (Wildman–Crippen MR) is 118 cm³/mol. The summed E-state index contributed by atoms with van der Waals surface area (Å²) in [6, 6.07) is 22.8. The van der Waals surface area contributed by atoms with E-state index in [2.05, 4.69) is 9.97 Å². The van der Waals surface area contributed by atoms with Gasteiger partial charge in [0.15, 0.2) is 34.1 Å². The molecule has 2 heterocycles. The zero-order valence-electron chi connectivity index (χ0n) is 16.1. The van der Waals surface area contributed by atoms with Crippen LogP contribution in [0.4, 0.5) is 5.69 Å². The Morgan fingerprint density at radius 3 is 1.87 bits per heavy atom. The number of para-hydroxylation sites is 5. The first kappa shape index (κ1) is 18.5. The first-order chi connectivity index (χ1) is 15.1. The maximum absolute atomic E-state index is 11.7. The van der Waals surface area contributed by atoms with Crippen LogP contribution in [-0.4, -0.2) is 9.97 Å². The van der Waals surface area contributed by atoms with Gasteiger partial charge in [0.2, 0.25) is 10.9 Å². The van der Waals surface area contributed by atoms with Crippen molar-refractivity contribution in [2.24, 2.45) is 0 Å². The molecular formula is C24H15N3O4. The first-order valence-electron chi connectivity index (χ1n) is 9.47. The van der Waals surface area contributed by atoms with Gasteiger partial charge in [0, 0.05) is 0 Å². The number of rotatable bonds is 0. The highest BCUT2D eigenvalue weighted by Crippen LogP contribution is 2.23. The van der Waals surface area contributed by atoms with Crippen molar-refractivity contribution in [1.82, 2.24) is 9.97 Å². The molecule has 0 spiro atoms. The molecule has 0 bridgehead atoms. The second-order valence-electron chi connectivity index (χ2n) is 6.80. The van der Waals surface area contributed by atoms with Crippen LogP contribution in [0, 0.1) is 0 Å². The molecule has 2 aliphatic heterocycles. The summed E-state index contributed by atoms with van der Waals surface area (Å²) in [7, 11) is 0. The zero-order valence-corrected chi connectivity index (χ0v) is 16.1. The monoisotopic (exact) mass is 409 g/mol. The van der Waals surface area contributed by atoms with Crippen LogP contribution in [0.1, 0.15) is 0 Å². The molecule has 2 N–H and O–H groups in total. The summed E-state index contributed by atoms with van der Waals surface area (Å²) in [5.41, 5.74) is 8.68. The molecule has 2 aromatic rings. The SMILES string of the molecule is Nc1ccc2oc3ccccc3nc-2c1=O.O=c1cccc2oc3ccccc3nc1-2. The third kappa shape index (κ3) is 3.38. The van der Waals surface area contributed by atoms with Crippen LogP contribution in [0.15, 0.2) is 97.3 Å². The van der Waals surface area contributed by atoms with Crippen molar-refractivity contribution >= 4 is 27.9 Å². The second-order valence-corrected chi connectivity index (χ2v) is 6.80. The molecule has 0 aromatic heterocycles. The van der Waals surface area contributed by atoms with E-state index < -0.39 is 0 Å². The standard InChI is InChI=1S/C12H8N2O2.C12H7NO2/c13-7-5-6-10-11(12(7)15)14-8-3-1-2-4-9(8)16-10;14-9-5-3-7-11-12(9)13-8-4-1-2-6-10(8)15-11/h1-6H,13H2;1-7H. The van der Waals surface area contributed by atoms with Gasteiger partial charge in [0.25, 0.3) is 0 Å². The van der Waals surface area contributed by atoms with E-state index in [0.29, 0.717) is 39.4 Å². The van der Waals surface area contributed by atoms with Crippen molar-refractivity contribution in [2.45, 2.75) is 0 Å². The van der Waals surface area contributed by atoms with Gasteiger partial charge in [-0.1, -0.05) is 30.3 Å². The van der Waals surface area contributed by atoms with Gasteiger partial charge >= 0.3 is 0 Å². The Morgan fingerprint density at radius 2 is 1.19 bits per heavy atom. The van der Waals surface area contributed by atoms with Gasteiger partial charge in [-0.15, -0.1) is 0 Å². The van der Waals surface area contributed by atoms with Crippen LogP contribution in [0.5, 0.6) is 0 Å². The van der Waals surface area contributed by atoms with Crippen molar-refractivity contribution in [2.75, 3.05) is 5.73 Å². The summed E-state index contributed by atoms with van der Waals surface area (Å²) < 4.78 is 11.1. The van der Waals surface area contributed by atoms with E-state index in [0.717, 1.165) is 0 Å². The average molecular weight is 409 g/mol. The first-order valence-corrected chi connectivity index (χ1v) is 9.47. The van der Waals surface area contributed by atoms with Gasteiger partial charge in [-0.25, -0.2) is 9.97 Å². The summed E-state index contributed by atoms with van der Waals surface area (Å²) in [4.78, 5) is 31.7.